The molecule has 0 aromatic heterocycles. The van der Waals surface area contributed by atoms with E-state index in [4.69, 9.17) is 16.9 Å². The van der Waals surface area contributed by atoms with Gasteiger partial charge in [0.2, 0.25) is 0 Å². The second kappa shape index (κ2) is 5.23. The van der Waals surface area contributed by atoms with Crippen LogP contribution in [0, 0.1) is 17.1 Å². The van der Waals surface area contributed by atoms with Crippen molar-refractivity contribution in [3.05, 3.63) is 29.6 Å². The van der Waals surface area contributed by atoms with Crippen LogP contribution in [0.1, 0.15) is 12.5 Å². The van der Waals surface area contributed by atoms with Crippen molar-refractivity contribution >= 4 is 23.4 Å². The normalized spacial score (nSPS) is 12.1. The molecule has 0 aliphatic heterocycles. The Kier molecular flexibility index (Phi) is 4.24. The van der Waals surface area contributed by atoms with Crippen LogP contribution in [0.4, 0.5) is 4.39 Å². The zero-order valence-corrected chi connectivity index (χ0v) is 9.20. The number of halogens is 2. The van der Waals surface area contributed by atoms with Crippen molar-refractivity contribution in [2.45, 2.75) is 17.1 Å². The molecule has 0 aliphatic carbocycles. The number of hydrogen-bond acceptors (Lipinski definition) is 2. The van der Waals surface area contributed by atoms with Gasteiger partial charge in [-0.25, -0.2) is 4.39 Å². The van der Waals surface area contributed by atoms with E-state index in [1.165, 1.54) is 17.8 Å². The molecule has 1 rings (SSSR count). The molecule has 1 aromatic carbocycles. The van der Waals surface area contributed by atoms with Crippen LogP contribution in [-0.4, -0.2) is 11.1 Å². The van der Waals surface area contributed by atoms with Crippen LogP contribution in [0.15, 0.2) is 23.1 Å². The van der Waals surface area contributed by atoms with E-state index in [0.29, 0.717) is 16.3 Å². The van der Waals surface area contributed by atoms with Crippen LogP contribution in [-0.2, 0) is 0 Å². The second-order valence-electron chi connectivity index (χ2n) is 2.84. The number of nitrogens with zero attached hydrogens (tertiary/aromatic N) is 1. The molecule has 0 saturated heterocycles. The maximum absolute atomic E-state index is 13.3. The van der Waals surface area contributed by atoms with E-state index in [2.05, 4.69) is 0 Å². The van der Waals surface area contributed by atoms with Gasteiger partial charge >= 0.3 is 0 Å². The molecule has 0 radical (unpaired) electrons. The fraction of sp³-hybridized carbons (Fsp3) is 0.300. The highest BCUT2D eigenvalue weighted by Crippen LogP contribution is 2.26. The summed E-state index contributed by atoms with van der Waals surface area (Å²) in [4.78, 5) is 0.539. The molecule has 0 N–H and O–H groups in total. The predicted molar refractivity (Wildman–Crippen MR) is 57.2 cm³/mol. The third-order valence-electron chi connectivity index (χ3n) is 1.61. The summed E-state index contributed by atoms with van der Waals surface area (Å²) in [6, 6.07) is 6.34. The Labute approximate surface area is 91.9 Å². The fourth-order valence-electron chi connectivity index (χ4n) is 0.914. The van der Waals surface area contributed by atoms with Gasteiger partial charge in [0.25, 0.3) is 0 Å². The standard InChI is InChI=1S/C10H9ClFNS/c1-7(5-11)14-10-3-2-8(6-13)4-9(10)12/h2-4,7H,5H2,1H3. The van der Waals surface area contributed by atoms with Crippen molar-refractivity contribution < 1.29 is 4.39 Å². The lowest BCUT2D eigenvalue weighted by molar-refractivity contribution is 0.601. The topological polar surface area (TPSA) is 23.8 Å². The van der Waals surface area contributed by atoms with Crippen molar-refractivity contribution in [2.24, 2.45) is 0 Å². The highest BCUT2D eigenvalue weighted by molar-refractivity contribution is 8.00. The average Bonchev–Trinajstić information content (AvgIpc) is 2.20. The lowest BCUT2D eigenvalue weighted by Gasteiger charge is -2.07. The molecule has 74 valence electrons. The van der Waals surface area contributed by atoms with Gasteiger partial charge in [-0.15, -0.1) is 23.4 Å². The number of alkyl halides is 1. The Morgan fingerprint density at radius 1 is 1.64 bits per heavy atom. The second-order valence-corrected chi connectivity index (χ2v) is 4.63. The molecule has 0 aliphatic rings. The molecule has 0 fully saturated rings. The summed E-state index contributed by atoms with van der Waals surface area (Å²) in [5.74, 6) is 0.121. The summed E-state index contributed by atoms with van der Waals surface area (Å²) in [6.45, 7) is 1.93. The van der Waals surface area contributed by atoms with Crippen molar-refractivity contribution in [3.8, 4) is 6.07 Å². The first kappa shape index (κ1) is 11.4. The molecular formula is C10H9ClFNS. The van der Waals surface area contributed by atoms with Gasteiger partial charge < -0.3 is 0 Å². The maximum atomic E-state index is 13.3. The highest BCUT2D eigenvalue weighted by Gasteiger charge is 2.08. The Bertz CT molecular complexity index is 362. The quantitative estimate of drug-likeness (QED) is 0.586. The largest absolute Gasteiger partial charge is 0.206 e. The third-order valence-corrected chi connectivity index (χ3v) is 3.41. The van der Waals surface area contributed by atoms with Gasteiger partial charge in [0.05, 0.1) is 11.6 Å². The molecule has 1 nitrogen and oxygen atoms in total. The summed E-state index contributed by atoms with van der Waals surface area (Å²) < 4.78 is 13.3. The van der Waals surface area contributed by atoms with E-state index in [9.17, 15) is 4.39 Å². The molecule has 4 heteroatoms. The average molecular weight is 230 g/mol. The Hall–Kier alpha value is -0.720. The first-order valence-corrected chi connectivity index (χ1v) is 5.51. The van der Waals surface area contributed by atoms with Gasteiger partial charge in [-0.1, -0.05) is 6.92 Å². The lowest BCUT2D eigenvalue weighted by atomic mass is 10.2. The van der Waals surface area contributed by atoms with E-state index in [-0.39, 0.29) is 11.1 Å². The molecule has 1 unspecified atom stereocenters. The van der Waals surface area contributed by atoms with E-state index in [0.717, 1.165) is 0 Å². The van der Waals surface area contributed by atoms with Gasteiger partial charge in [0.15, 0.2) is 0 Å². The summed E-state index contributed by atoms with van der Waals surface area (Å²) in [5, 5.41) is 8.70. The molecule has 1 aromatic rings. The fourth-order valence-corrected chi connectivity index (χ4v) is 1.92. The van der Waals surface area contributed by atoms with Crippen LogP contribution in [0.5, 0.6) is 0 Å². The van der Waals surface area contributed by atoms with Gasteiger partial charge in [-0.2, -0.15) is 5.26 Å². The number of nitriles is 1. The smallest absolute Gasteiger partial charge is 0.138 e. The Balaban J connectivity index is 2.85. The summed E-state index contributed by atoms with van der Waals surface area (Å²) in [5.41, 5.74) is 0.338. The number of hydrogen-bond donors (Lipinski definition) is 0. The minimum Gasteiger partial charge on any atom is -0.206 e. The SMILES string of the molecule is CC(CCl)Sc1ccc(C#N)cc1F. The van der Waals surface area contributed by atoms with Gasteiger partial charge in [-0.05, 0) is 18.2 Å². The van der Waals surface area contributed by atoms with Gasteiger partial charge in [0, 0.05) is 16.0 Å². The number of benzene rings is 1. The molecule has 1 atom stereocenters. The van der Waals surface area contributed by atoms with Gasteiger partial charge in [0.1, 0.15) is 5.82 Å². The third kappa shape index (κ3) is 2.90. The van der Waals surface area contributed by atoms with Crippen LogP contribution < -0.4 is 0 Å². The van der Waals surface area contributed by atoms with Crippen molar-refractivity contribution in [1.82, 2.24) is 0 Å². The van der Waals surface area contributed by atoms with Crippen LogP contribution >= 0.6 is 23.4 Å². The summed E-state index contributed by atoms with van der Waals surface area (Å²) in [7, 11) is 0. The summed E-state index contributed by atoms with van der Waals surface area (Å²) >= 11 is 6.99. The van der Waals surface area contributed by atoms with E-state index in [1.807, 2.05) is 13.0 Å². The first-order chi connectivity index (χ1) is 6.67. The molecule has 0 amide bonds. The first-order valence-electron chi connectivity index (χ1n) is 4.09. The van der Waals surface area contributed by atoms with E-state index in [1.54, 1.807) is 12.1 Å². The highest BCUT2D eigenvalue weighted by atomic mass is 35.5. The zero-order valence-electron chi connectivity index (χ0n) is 7.63. The molecule has 0 saturated carbocycles. The molecule has 0 heterocycles. The van der Waals surface area contributed by atoms with Crippen LogP contribution in [0.2, 0.25) is 0 Å². The number of rotatable bonds is 3. The monoisotopic (exact) mass is 229 g/mol. The van der Waals surface area contributed by atoms with Gasteiger partial charge in [-0.3, -0.25) is 0 Å². The lowest BCUT2D eigenvalue weighted by Crippen LogP contribution is -1.97. The van der Waals surface area contributed by atoms with Crippen molar-refractivity contribution in [3.63, 3.8) is 0 Å². The van der Waals surface area contributed by atoms with Crippen molar-refractivity contribution in [1.29, 1.82) is 5.26 Å². The Morgan fingerprint density at radius 3 is 2.86 bits per heavy atom. The summed E-state index contributed by atoms with van der Waals surface area (Å²) in [6.07, 6.45) is 0. The molecule has 0 spiro atoms. The van der Waals surface area contributed by atoms with Crippen LogP contribution in [0.25, 0.3) is 0 Å². The zero-order chi connectivity index (χ0) is 10.6. The molecule has 0 bridgehead atoms. The van der Waals surface area contributed by atoms with Crippen molar-refractivity contribution in [2.75, 3.05) is 5.88 Å². The maximum Gasteiger partial charge on any atom is 0.138 e. The minimum absolute atomic E-state index is 0.166. The minimum atomic E-state index is -0.356. The Morgan fingerprint density at radius 2 is 2.36 bits per heavy atom. The number of thioether (sulfide) groups is 1. The van der Waals surface area contributed by atoms with E-state index >= 15 is 0 Å². The predicted octanol–water partition coefficient (Wildman–Crippen LogP) is 3.42. The van der Waals surface area contributed by atoms with E-state index < -0.39 is 0 Å². The molecule has 14 heavy (non-hydrogen) atoms. The molecular weight excluding hydrogens is 221 g/mol. The van der Waals surface area contributed by atoms with Crippen LogP contribution in [0.3, 0.4) is 0 Å².